The van der Waals surface area contributed by atoms with Crippen LogP contribution < -0.4 is 0 Å². The predicted molar refractivity (Wildman–Crippen MR) is 98.4 cm³/mol. The average molecular weight is 351 g/mol. The zero-order valence-corrected chi connectivity index (χ0v) is 15.2. The first-order valence-corrected chi connectivity index (χ1v) is 8.74. The summed E-state index contributed by atoms with van der Waals surface area (Å²) in [6, 6.07) is 8.31. The van der Waals surface area contributed by atoms with Gasteiger partial charge in [-0.15, -0.1) is 0 Å². The van der Waals surface area contributed by atoms with Gasteiger partial charge >= 0.3 is 11.9 Å². The zero-order valence-electron chi connectivity index (χ0n) is 15.2. The second kappa shape index (κ2) is 6.16. The number of nitrogens with zero attached hydrogens (tertiary/aromatic N) is 1. The van der Waals surface area contributed by atoms with E-state index in [1.807, 2.05) is 12.1 Å². The third kappa shape index (κ3) is 2.23. The maximum absolute atomic E-state index is 12.5. The van der Waals surface area contributed by atoms with E-state index in [0.717, 1.165) is 18.4 Å². The van der Waals surface area contributed by atoms with E-state index in [-0.39, 0.29) is 5.92 Å². The topological polar surface area (TPSA) is 57.5 Å². The van der Waals surface area contributed by atoms with Crippen LogP contribution in [0.3, 0.4) is 0 Å². The average Bonchev–Trinajstić information content (AvgIpc) is 2.98. The van der Waals surface area contributed by atoms with Crippen molar-refractivity contribution >= 4 is 28.4 Å². The van der Waals surface area contributed by atoms with Crippen molar-refractivity contribution in [2.24, 2.45) is 13.0 Å². The molecule has 5 heteroatoms. The van der Waals surface area contributed by atoms with Crippen LogP contribution in [0.5, 0.6) is 0 Å². The maximum Gasteiger partial charge on any atom is 0.334 e. The molecule has 0 N–H and O–H groups in total. The minimum absolute atomic E-state index is 0.136. The number of ether oxygens (including phenoxy) is 2. The number of carbonyl (C=O) groups is 2. The van der Waals surface area contributed by atoms with Crippen LogP contribution in [0.4, 0.5) is 0 Å². The van der Waals surface area contributed by atoms with Crippen LogP contribution in [-0.4, -0.2) is 30.7 Å². The first kappa shape index (κ1) is 16.6. The van der Waals surface area contributed by atoms with Crippen molar-refractivity contribution in [2.75, 3.05) is 14.2 Å². The van der Waals surface area contributed by atoms with Crippen LogP contribution in [0.1, 0.15) is 24.1 Å². The van der Waals surface area contributed by atoms with Gasteiger partial charge in [0.2, 0.25) is 0 Å². The van der Waals surface area contributed by atoms with Crippen molar-refractivity contribution < 1.29 is 19.1 Å². The molecule has 5 nitrogen and oxygen atoms in total. The number of para-hydroxylation sites is 1. The number of fused-ring (bicyclic) bond motifs is 5. The Balaban J connectivity index is 1.91. The Hall–Kier alpha value is -2.82. The van der Waals surface area contributed by atoms with E-state index in [9.17, 15) is 9.59 Å². The molecule has 0 saturated heterocycles. The predicted octanol–water partition coefficient (Wildman–Crippen LogP) is 3.17. The Morgan fingerprint density at radius 2 is 1.85 bits per heavy atom. The Morgan fingerprint density at radius 1 is 1.12 bits per heavy atom. The van der Waals surface area contributed by atoms with Crippen LogP contribution in [0, 0.1) is 5.92 Å². The van der Waals surface area contributed by atoms with Gasteiger partial charge in [0.05, 0.1) is 25.4 Å². The molecular weight excluding hydrogens is 330 g/mol. The highest BCUT2D eigenvalue weighted by molar-refractivity contribution is 6.06. The second-order valence-corrected chi connectivity index (χ2v) is 6.73. The molecule has 0 spiro atoms. The lowest BCUT2D eigenvalue weighted by Crippen LogP contribution is -2.27. The standard InChI is InChI=1S/C21H21NO4/c1-22-16-7-5-4-6-14(16)18-12-8-9-15(20(23)25-2)19(21(24)26-3)13(12)10-11-17(18)22/h4-8,13H,9-11H2,1-3H3. The summed E-state index contributed by atoms with van der Waals surface area (Å²) < 4.78 is 12.1. The Kier molecular flexibility index (Phi) is 3.94. The number of rotatable bonds is 2. The van der Waals surface area contributed by atoms with Crippen LogP contribution in [0.15, 0.2) is 41.5 Å². The Labute approximate surface area is 151 Å². The molecule has 4 rings (SSSR count). The number of hydrogen-bond donors (Lipinski definition) is 0. The minimum atomic E-state index is -0.454. The summed E-state index contributed by atoms with van der Waals surface area (Å²) in [5, 5.41) is 1.19. The number of carbonyl (C=O) groups excluding carboxylic acids is 2. The molecule has 134 valence electrons. The van der Waals surface area contributed by atoms with Gasteiger partial charge in [0, 0.05) is 35.1 Å². The van der Waals surface area contributed by atoms with Gasteiger partial charge < -0.3 is 14.0 Å². The number of benzene rings is 1. The van der Waals surface area contributed by atoms with Crippen LogP contribution >= 0.6 is 0 Å². The van der Waals surface area contributed by atoms with Crippen molar-refractivity contribution in [3.05, 3.63) is 52.7 Å². The summed E-state index contributed by atoms with van der Waals surface area (Å²) in [7, 11) is 4.78. The molecule has 2 aromatic rings. The smallest absolute Gasteiger partial charge is 0.334 e. The number of aryl methyl sites for hydroxylation is 1. The largest absolute Gasteiger partial charge is 0.466 e. The molecule has 0 bridgehead atoms. The van der Waals surface area contributed by atoms with Crippen molar-refractivity contribution in [1.29, 1.82) is 0 Å². The highest BCUT2D eigenvalue weighted by atomic mass is 16.5. The lowest BCUT2D eigenvalue weighted by molar-refractivity contribution is -0.139. The Bertz CT molecular complexity index is 993. The van der Waals surface area contributed by atoms with E-state index < -0.39 is 11.9 Å². The third-order valence-electron chi connectivity index (χ3n) is 5.60. The SMILES string of the molecule is COC(=O)C1=C(C(=O)OC)C2CCc3c(c4ccccc4n3C)C2=CC1. The summed E-state index contributed by atoms with van der Waals surface area (Å²) in [6.45, 7) is 0. The van der Waals surface area contributed by atoms with E-state index in [4.69, 9.17) is 9.47 Å². The molecule has 0 aliphatic heterocycles. The zero-order chi connectivity index (χ0) is 18.4. The van der Waals surface area contributed by atoms with Crippen LogP contribution in [0.25, 0.3) is 16.5 Å². The van der Waals surface area contributed by atoms with Crippen molar-refractivity contribution in [3.8, 4) is 0 Å². The highest BCUT2D eigenvalue weighted by Crippen LogP contribution is 2.47. The van der Waals surface area contributed by atoms with E-state index in [1.165, 1.54) is 36.4 Å². The fourth-order valence-corrected chi connectivity index (χ4v) is 4.44. The summed E-state index contributed by atoms with van der Waals surface area (Å²) in [5.74, 6) is -1.03. The summed E-state index contributed by atoms with van der Waals surface area (Å²) in [6.07, 6.45) is 4.07. The van der Waals surface area contributed by atoms with E-state index in [0.29, 0.717) is 17.6 Å². The fourth-order valence-electron chi connectivity index (χ4n) is 4.44. The van der Waals surface area contributed by atoms with Gasteiger partial charge in [-0.1, -0.05) is 24.3 Å². The van der Waals surface area contributed by atoms with Gasteiger partial charge in [-0.05, 0) is 30.9 Å². The molecule has 2 aliphatic rings. The number of allylic oxidation sites excluding steroid dienone is 2. The molecule has 0 amide bonds. The lowest BCUT2D eigenvalue weighted by Gasteiger charge is -2.32. The van der Waals surface area contributed by atoms with Gasteiger partial charge in [0.15, 0.2) is 0 Å². The first-order valence-electron chi connectivity index (χ1n) is 8.74. The van der Waals surface area contributed by atoms with Crippen LogP contribution in [0.2, 0.25) is 0 Å². The van der Waals surface area contributed by atoms with Crippen molar-refractivity contribution in [2.45, 2.75) is 19.3 Å². The van der Waals surface area contributed by atoms with Gasteiger partial charge in [0.25, 0.3) is 0 Å². The summed E-state index contributed by atoms with van der Waals surface area (Å²) in [4.78, 5) is 24.7. The summed E-state index contributed by atoms with van der Waals surface area (Å²) in [5.41, 5.74) is 5.65. The van der Waals surface area contributed by atoms with Crippen molar-refractivity contribution in [3.63, 3.8) is 0 Å². The minimum Gasteiger partial charge on any atom is -0.466 e. The van der Waals surface area contributed by atoms with Gasteiger partial charge in [-0.3, -0.25) is 0 Å². The van der Waals surface area contributed by atoms with Gasteiger partial charge in [-0.2, -0.15) is 0 Å². The van der Waals surface area contributed by atoms with E-state index in [2.05, 4.69) is 29.8 Å². The molecule has 1 aromatic carbocycles. The number of hydrogen-bond acceptors (Lipinski definition) is 4. The quantitative estimate of drug-likeness (QED) is 0.780. The van der Waals surface area contributed by atoms with E-state index in [1.54, 1.807) is 0 Å². The number of methoxy groups -OCH3 is 2. The molecule has 1 unspecified atom stereocenters. The molecule has 2 aliphatic carbocycles. The highest BCUT2D eigenvalue weighted by Gasteiger charge is 2.39. The lowest BCUT2D eigenvalue weighted by atomic mass is 9.72. The van der Waals surface area contributed by atoms with Crippen LogP contribution in [-0.2, 0) is 32.5 Å². The summed E-state index contributed by atoms with van der Waals surface area (Å²) >= 11 is 0. The Morgan fingerprint density at radius 3 is 2.58 bits per heavy atom. The first-order chi connectivity index (χ1) is 12.6. The van der Waals surface area contributed by atoms with Gasteiger partial charge in [0.1, 0.15) is 0 Å². The monoisotopic (exact) mass is 351 g/mol. The normalized spacial score (nSPS) is 18.9. The number of aromatic nitrogens is 1. The molecule has 26 heavy (non-hydrogen) atoms. The fraction of sp³-hybridized carbons (Fsp3) is 0.333. The van der Waals surface area contributed by atoms with Crippen molar-refractivity contribution in [1.82, 2.24) is 4.57 Å². The maximum atomic E-state index is 12.5. The molecule has 1 aromatic heterocycles. The van der Waals surface area contributed by atoms with Gasteiger partial charge in [-0.25, -0.2) is 9.59 Å². The third-order valence-corrected chi connectivity index (χ3v) is 5.60. The molecular formula is C21H21NO4. The molecule has 0 fully saturated rings. The molecule has 1 atom stereocenters. The van der Waals surface area contributed by atoms with E-state index >= 15 is 0 Å². The second-order valence-electron chi connectivity index (χ2n) is 6.73. The molecule has 1 heterocycles. The molecule has 0 saturated carbocycles. The molecule has 0 radical (unpaired) electrons. The number of esters is 2.